The van der Waals surface area contributed by atoms with E-state index in [4.69, 9.17) is 8.83 Å². The van der Waals surface area contributed by atoms with Crippen molar-refractivity contribution in [2.24, 2.45) is 0 Å². The summed E-state index contributed by atoms with van der Waals surface area (Å²) in [5.74, 6) is 0. The molecule has 0 unspecified atom stereocenters. The average Bonchev–Trinajstić information content (AvgIpc) is 1.59. The van der Waals surface area contributed by atoms with Crippen LogP contribution in [0.2, 0.25) is 0 Å². The molecule has 19 aromatic carbocycles. The van der Waals surface area contributed by atoms with Gasteiger partial charge in [0.25, 0.3) is 0 Å². The monoisotopic (exact) mass is 1380 g/mol. The van der Waals surface area contributed by atoms with Gasteiger partial charge in [0, 0.05) is 72.0 Å². The predicted molar refractivity (Wildman–Crippen MR) is 457 cm³/mol. The quantitative estimate of drug-likeness (QED) is 0.122. The molecule has 0 bridgehead atoms. The van der Waals surface area contributed by atoms with Crippen LogP contribution in [0.25, 0.3) is 165 Å². The zero-order chi connectivity index (χ0) is 71.4. The van der Waals surface area contributed by atoms with Crippen molar-refractivity contribution in [2.45, 2.75) is 0 Å². The van der Waals surface area contributed by atoms with E-state index in [1.54, 1.807) is 0 Å². The summed E-state index contributed by atoms with van der Waals surface area (Å²) < 4.78 is 13.2. The molecule has 0 saturated heterocycles. The summed E-state index contributed by atoms with van der Waals surface area (Å²) in [5, 5.41) is 16.7. The van der Waals surface area contributed by atoms with E-state index in [-0.39, 0.29) is 0 Å². The molecule has 0 amide bonds. The highest BCUT2D eigenvalue weighted by atomic mass is 16.3. The second-order valence-electron chi connectivity index (χ2n) is 27.9. The van der Waals surface area contributed by atoms with Crippen LogP contribution in [-0.2, 0) is 0 Å². The van der Waals surface area contributed by atoms with Gasteiger partial charge >= 0.3 is 0 Å². The van der Waals surface area contributed by atoms with Crippen LogP contribution in [0.3, 0.4) is 0 Å². The van der Waals surface area contributed by atoms with Crippen molar-refractivity contribution in [1.82, 2.24) is 0 Å². The van der Waals surface area contributed by atoms with Gasteiger partial charge in [0.2, 0.25) is 0 Å². The van der Waals surface area contributed by atoms with Crippen molar-refractivity contribution in [3.05, 3.63) is 413 Å². The Morgan fingerprint density at radius 2 is 0.444 bits per heavy atom. The van der Waals surface area contributed by atoms with Gasteiger partial charge in [-0.3, -0.25) is 0 Å². The number of rotatable bonds is 12. The van der Waals surface area contributed by atoms with E-state index < -0.39 is 0 Å². The number of hydrogen-bond acceptors (Lipinski definition) is 4. The minimum absolute atomic E-state index is 0.902. The number of benzene rings is 19. The standard InChI is InChI=1S/C54H35NO.C50H33NO/c1-4-15-45-36(10-1)13-7-18-47(45)39-22-29-42(30-23-39)55(43-31-24-40(25-32-43)48-19-8-14-37-11-2-5-16-46(37)48)44-33-26-41(27-34-44)50-20-9-21-51-52-35-28-38-12-3-6-17-49(38)54(52)56-53(50)51;1-2-8-34(9-3-1)36-16-24-43(25-17-36)51(44-26-18-37(19-27-44)41-15-14-35-10-4-5-12-40(35)32-41)45-28-20-38(21-29-45)42-23-30-47-48-31-22-39-11-6-7-13-46(39)50(48)52-49(47)33-42/h1-35H;1-33H. The Morgan fingerprint density at radius 1 is 0.148 bits per heavy atom. The van der Waals surface area contributed by atoms with Gasteiger partial charge < -0.3 is 18.6 Å². The zero-order valence-electron chi connectivity index (χ0n) is 59.0. The number of para-hydroxylation sites is 1. The fourth-order valence-corrected chi connectivity index (χ4v) is 16.1. The van der Waals surface area contributed by atoms with Crippen LogP contribution in [-0.4, -0.2) is 0 Å². The topological polar surface area (TPSA) is 32.8 Å². The molecule has 0 N–H and O–H groups in total. The second kappa shape index (κ2) is 27.1. The molecular weight excluding hydrogens is 1310 g/mol. The maximum atomic E-state index is 6.71. The third-order valence-corrected chi connectivity index (χ3v) is 21.5. The molecule has 0 aliphatic rings. The minimum atomic E-state index is 0.902. The highest BCUT2D eigenvalue weighted by Gasteiger charge is 2.20. The first-order valence-corrected chi connectivity index (χ1v) is 36.9. The molecule has 506 valence electrons. The smallest absolute Gasteiger partial charge is 0.143 e. The Hall–Kier alpha value is -14.3. The number of hydrogen-bond donors (Lipinski definition) is 0. The molecule has 2 aromatic heterocycles. The number of furan rings is 2. The fraction of sp³-hybridized carbons (Fsp3) is 0. The van der Waals surface area contributed by atoms with Crippen LogP contribution in [0.5, 0.6) is 0 Å². The lowest BCUT2D eigenvalue weighted by Crippen LogP contribution is -2.09. The molecule has 0 saturated carbocycles. The van der Waals surface area contributed by atoms with E-state index in [2.05, 4.69) is 422 Å². The Balaban J connectivity index is 0.000000143. The maximum Gasteiger partial charge on any atom is 0.143 e. The molecule has 4 nitrogen and oxygen atoms in total. The number of anilines is 6. The molecule has 0 radical (unpaired) electrons. The molecule has 2 heterocycles. The molecule has 4 heteroatoms. The first kappa shape index (κ1) is 63.4. The fourth-order valence-electron chi connectivity index (χ4n) is 16.1. The van der Waals surface area contributed by atoms with Crippen LogP contribution in [0.1, 0.15) is 0 Å². The molecule has 0 atom stereocenters. The van der Waals surface area contributed by atoms with Crippen molar-refractivity contribution in [3.8, 4) is 66.8 Å². The van der Waals surface area contributed by atoms with Crippen LogP contribution in [0.4, 0.5) is 34.1 Å². The molecule has 21 aromatic rings. The average molecular weight is 1380 g/mol. The summed E-state index contributed by atoms with van der Waals surface area (Å²) in [7, 11) is 0. The Labute approximate surface area is 625 Å². The van der Waals surface area contributed by atoms with Gasteiger partial charge in [0.1, 0.15) is 22.3 Å². The molecule has 108 heavy (non-hydrogen) atoms. The van der Waals surface area contributed by atoms with Crippen LogP contribution in [0, 0.1) is 0 Å². The summed E-state index contributed by atoms with van der Waals surface area (Å²) in [6.07, 6.45) is 0. The Kier molecular flexibility index (Phi) is 15.9. The molecule has 0 spiro atoms. The predicted octanol–water partition coefficient (Wildman–Crippen LogP) is 29.9. The van der Waals surface area contributed by atoms with Gasteiger partial charge in [-0.05, 0) is 207 Å². The van der Waals surface area contributed by atoms with Crippen LogP contribution >= 0.6 is 0 Å². The zero-order valence-corrected chi connectivity index (χ0v) is 59.0. The van der Waals surface area contributed by atoms with Gasteiger partial charge in [-0.2, -0.15) is 0 Å². The maximum absolute atomic E-state index is 6.71. The van der Waals surface area contributed by atoms with Gasteiger partial charge in [0.05, 0.1) is 0 Å². The van der Waals surface area contributed by atoms with E-state index >= 15 is 0 Å². The molecule has 21 rings (SSSR count). The second-order valence-corrected chi connectivity index (χ2v) is 27.9. The lowest BCUT2D eigenvalue weighted by molar-refractivity contribution is 0.672. The first-order chi connectivity index (χ1) is 53.5. The summed E-state index contributed by atoms with van der Waals surface area (Å²) >= 11 is 0. The van der Waals surface area contributed by atoms with Crippen molar-refractivity contribution in [3.63, 3.8) is 0 Å². The number of fused-ring (bicyclic) bond motifs is 13. The molecule has 0 fully saturated rings. The van der Waals surface area contributed by atoms with Crippen molar-refractivity contribution in [2.75, 3.05) is 9.80 Å². The SMILES string of the molecule is c1ccc(-c2ccc(N(c3ccc(-c4ccc5ccccc5c4)cc3)c3ccc(-c4ccc5c(c4)oc4c6ccccc6ccc54)cc3)cc2)cc1.c1ccc2c(-c3ccc(N(c4ccc(-c5cccc6ccccc56)cc4)c4ccc(-c5cccc6c5oc5c7ccccc7ccc65)cc4)cc3)cccc2c1. The third-order valence-electron chi connectivity index (χ3n) is 21.5. The van der Waals surface area contributed by atoms with Gasteiger partial charge in [-0.25, -0.2) is 0 Å². The lowest BCUT2D eigenvalue weighted by Gasteiger charge is -2.26. The van der Waals surface area contributed by atoms with Crippen molar-refractivity contribution < 1.29 is 8.83 Å². The highest BCUT2D eigenvalue weighted by molar-refractivity contribution is 6.18. The van der Waals surface area contributed by atoms with Gasteiger partial charge in [0.15, 0.2) is 0 Å². The highest BCUT2D eigenvalue weighted by Crippen LogP contribution is 2.45. The summed E-state index contributed by atoms with van der Waals surface area (Å²) in [5.41, 5.74) is 24.4. The largest absolute Gasteiger partial charge is 0.455 e. The number of nitrogens with zero attached hydrogens (tertiary/aromatic N) is 2. The Bertz CT molecular complexity index is 6810. The summed E-state index contributed by atoms with van der Waals surface area (Å²) in [6, 6.07) is 148. The molecular formula is C104H68N2O2. The van der Waals surface area contributed by atoms with E-state index in [1.165, 1.54) is 87.6 Å². The van der Waals surface area contributed by atoms with Crippen LogP contribution < -0.4 is 9.80 Å². The first-order valence-electron chi connectivity index (χ1n) is 36.9. The van der Waals surface area contributed by atoms with Gasteiger partial charge in [-0.1, -0.05) is 309 Å². The van der Waals surface area contributed by atoms with Crippen molar-refractivity contribution in [1.29, 1.82) is 0 Å². The van der Waals surface area contributed by atoms with E-state index in [0.29, 0.717) is 0 Å². The van der Waals surface area contributed by atoms with E-state index in [1.807, 2.05) is 0 Å². The third kappa shape index (κ3) is 11.6. The van der Waals surface area contributed by atoms with E-state index in [9.17, 15) is 0 Å². The van der Waals surface area contributed by atoms with E-state index in [0.717, 1.165) is 111 Å². The molecule has 0 aliphatic carbocycles. The Morgan fingerprint density at radius 3 is 0.944 bits per heavy atom. The normalized spacial score (nSPS) is 11.5. The van der Waals surface area contributed by atoms with Crippen molar-refractivity contribution >= 4 is 132 Å². The molecule has 0 aliphatic heterocycles. The van der Waals surface area contributed by atoms with Gasteiger partial charge in [-0.15, -0.1) is 0 Å². The van der Waals surface area contributed by atoms with Crippen LogP contribution in [0.15, 0.2) is 421 Å². The lowest BCUT2D eigenvalue weighted by atomic mass is 9.97. The minimum Gasteiger partial charge on any atom is -0.455 e. The summed E-state index contributed by atoms with van der Waals surface area (Å²) in [6.45, 7) is 0. The summed E-state index contributed by atoms with van der Waals surface area (Å²) in [4.78, 5) is 4.67.